The minimum atomic E-state index is -0.180. The predicted molar refractivity (Wildman–Crippen MR) is 87.7 cm³/mol. The minimum Gasteiger partial charge on any atom is -0.482 e. The number of aryl methyl sites for hydroxylation is 1. The molecule has 3 rings (SSSR count). The number of nitrogens with zero attached hydrogens (tertiary/aromatic N) is 1. The van der Waals surface area contributed by atoms with Crippen LogP contribution in [0.2, 0.25) is 0 Å². The number of likely N-dealkylation sites (N-methyl/N-ethyl adjacent to an activating group) is 1. The zero-order chi connectivity index (χ0) is 16.4. The van der Waals surface area contributed by atoms with Crippen molar-refractivity contribution in [1.82, 2.24) is 5.32 Å². The van der Waals surface area contributed by atoms with Gasteiger partial charge in [-0.05, 0) is 30.7 Å². The number of amides is 2. The van der Waals surface area contributed by atoms with Crippen LogP contribution in [0.15, 0.2) is 42.5 Å². The first-order valence-corrected chi connectivity index (χ1v) is 7.42. The number of hydrogen-bond donors (Lipinski definition) is 1. The van der Waals surface area contributed by atoms with E-state index in [1.54, 1.807) is 25.2 Å². The molecule has 0 atom stereocenters. The van der Waals surface area contributed by atoms with Crippen molar-refractivity contribution in [3.8, 4) is 5.75 Å². The Kier molecular flexibility index (Phi) is 4.02. The summed E-state index contributed by atoms with van der Waals surface area (Å²) in [6.07, 6.45) is 0. The maximum absolute atomic E-state index is 12.3. The van der Waals surface area contributed by atoms with Gasteiger partial charge in [0.1, 0.15) is 5.75 Å². The Bertz CT molecular complexity index is 771. The van der Waals surface area contributed by atoms with Gasteiger partial charge in [-0.1, -0.05) is 29.8 Å². The van der Waals surface area contributed by atoms with Gasteiger partial charge >= 0.3 is 0 Å². The number of rotatable bonds is 3. The first-order valence-electron chi connectivity index (χ1n) is 7.42. The Morgan fingerprint density at radius 2 is 2.09 bits per heavy atom. The molecule has 23 heavy (non-hydrogen) atoms. The lowest BCUT2D eigenvalue weighted by atomic mass is 10.1. The first-order chi connectivity index (χ1) is 11.0. The summed E-state index contributed by atoms with van der Waals surface area (Å²) in [6, 6.07) is 13.1. The number of anilines is 1. The highest BCUT2D eigenvalue weighted by Gasteiger charge is 2.23. The van der Waals surface area contributed by atoms with E-state index in [0.29, 0.717) is 23.5 Å². The van der Waals surface area contributed by atoms with Crippen molar-refractivity contribution in [3.05, 3.63) is 59.2 Å². The number of carbonyl (C=O) groups excluding carboxylic acids is 2. The zero-order valence-corrected chi connectivity index (χ0v) is 13.1. The summed E-state index contributed by atoms with van der Waals surface area (Å²) in [7, 11) is 1.68. The SMILES string of the molecule is Cc1cccc(CNC(=O)c2ccc3c(c2)N(C)C(=O)CO3)c1. The third-order valence-electron chi connectivity index (χ3n) is 3.84. The van der Waals surface area contributed by atoms with E-state index in [4.69, 9.17) is 4.74 Å². The van der Waals surface area contributed by atoms with Gasteiger partial charge in [0.25, 0.3) is 11.8 Å². The summed E-state index contributed by atoms with van der Waals surface area (Å²) < 4.78 is 5.36. The van der Waals surface area contributed by atoms with E-state index in [0.717, 1.165) is 11.1 Å². The minimum absolute atomic E-state index is 0.0302. The zero-order valence-electron chi connectivity index (χ0n) is 13.1. The van der Waals surface area contributed by atoms with Gasteiger partial charge in [0.05, 0.1) is 5.69 Å². The molecule has 0 unspecified atom stereocenters. The Balaban J connectivity index is 1.74. The largest absolute Gasteiger partial charge is 0.482 e. The molecule has 0 saturated carbocycles. The quantitative estimate of drug-likeness (QED) is 0.946. The highest BCUT2D eigenvalue weighted by molar-refractivity contribution is 6.00. The molecule has 2 amide bonds. The molecule has 0 bridgehead atoms. The Labute approximate surface area is 134 Å². The second kappa shape index (κ2) is 6.12. The second-order valence-corrected chi connectivity index (χ2v) is 5.60. The van der Waals surface area contributed by atoms with Gasteiger partial charge in [-0.3, -0.25) is 9.59 Å². The van der Waals surface area contributed by atoms with Gasteiger partial charge in [0, 0.05) is 19.2 Å². The molecular formula is C18H18N2O3. The van der Waals surface area contributed by atoms with E-state index in [2.05, 4.69) is 5.32 Å². The van der Waals surface area contributed by atoms with Crippen molar-refractivity contribution < 1.29 is 14.3 Å². The van der Waals surface area contributed by atoms with Gasteiger partial charge in [-0.15, -0.1) is 0 Å². The maximum atomic E-state index is 12.3. The Hall–Kier alpha value is -2.82. The molecule has 5 heteroatoms. The van der Waals surface area contributed by atoms with E-state index in [1.807, 2.05) is 31.2 Å². The highest BCUT2D eigenvalue weighted by atomic mass is 16.5. The van der Waals surface area contributed by atoms with Gasteiger partial charge in [-0.25, -0.2) is 0 Å². The van der Waals surface area contributed by atoms with Crippen molar-refractivity contribution in [1.29, 1.82) is 0 Å². The summed E-state index contributed by atoms with van der Waals surface area (Å²) in [6.45, 7) is 2.51. The molecule has 0 spiro atoms. The lowest BCUT2D eigenvalue weighted by Gasteiger charge is -2.26. The molecule has 0 radical (unpaired) electrons. The third-order valence-corrected chi connectivity index (χ3v) is 3.84. The fourth-order valence-electron chi connectivity index (χ4n) is 2.52. The number of hydrogen-bond acceptors (Lipinski definition) is 3. The average Bonchev–Trinajstić information content (AvgIpc) is 2.56. The fraction of sp³-hybridized carbons (Fsp3) is 0.222. The summed E-state index contributed by atoms with van der Waals surface area (Å²) in [4.78, 5) is 25.5. The number of carbonyl (C=O) groups is 2. The van der Waals surface area contributed by atoms with Crippen LogP contribution in [0.4, 0.5) is 5.69 Å². The number of benzene rings is 2. The molecule has 2 aromatic carbocycles. The summed E-state index contributed by atoms with van der Waals surface area (Å²) in [5.41, 5.74) is 3.32. The molecular weight excluding hydrogens is 292 g/mol. The van der Waals surface area contributed by atoms with E-state index >= 15 is 0 Å². The van der Waals surface area contributed by atoms with E-state index in [-0.39, 0.29) is 18.4 Å². The fourth-order valence-corrected chi connectivity index (χ4v) is 2.52. The van der Waals surface area contributed by atoms with Crippen LogP contribution < -0.4 is 15.0 Å². The van der Waals surface area contributed by atoms with Crippen LogP contribution in [0, 0.1) is 6.92 Å². The molecule has 0 fully saturated rings. The molecule has 1 heterocycles. The van der Waals surface area contributed by atoms with E-state index in [9.17, 15) is 9.59 Å². The number of fused-ring (bicyclic) bond motifs is 1. The topological polar surface area (TPSA) is 58.6 Å². The lowest BCUT2D eigenvalue weighted by molar-refractivity contribution is -0.120. The van der Waals surface area contributed by atoms with Crippen LogP contribution in [-0.4, -0.2) is 25.5 Å². The van der Waals surface area contributed by atoms with Crippen LogP contribution in [0.25, 0.3) is 0 Å². The monoisotopic (exact) mass is 310 g/mol. The van der Waals surface area contributed by atoms with Gasteiger partial charge < -0.3 is 15.0 Å². The average molecular weight is 310 g/mol. The normalized spacial score (nSPS) is 13.3. The second-order valence-electron chi connectivity index (χ2n) is 5.60. The maximum Gasteiger partial charge on any atom is 0.264 e. The Morgan fingerprint density at radius 1 is 1.26 bits per heavy atom. The molecule has 2 aromatic rings. The van der Waals surface area contributed by atoms with Crippen LogP contribution >= 0.6 is 0 Å². The molecule has 1 aliphatic rings. The molecule has 0 saturated heterocycles. The van der Waals surface area contributed by atoms with Crippen LogP contribution in [0.3, 0.4) is 0 Å². The van der Waals surface area contributed by atoms with Gasteiger partial charge in [0.15, 0.2) is 6.61 Å². The summed E-state index contributed by atoms with van der Waals surface area (Å²) >= 11 is 0. The third kappa shape index (κ3) is 3.18. The van der Waals surface area contributed by atoms with Crippen LogP contribution in [-0.2, 0) is 11.3 Å². The Morgan fingerprint density at radius 3 is 2.87 bits per heavy atom. The molecule has 0 aromatic heterocycles. The number of nitrogens with one attached hydrogen (secondary N) is 1. The molecule has 0 aliphatic carbocycles. The predicted octanol–water partition coefficient (Wildman–Crippen LogP) is 2.28. The standard InChI is InChI=1S/C18H18N2O3/c1-12-4-3-5-13(8-12)10-19-18(22)14-6-7-16-15(9-14)20(2)17(21)11-23-16/h3-9H,10-11H2,1-2H3,(H,19,22). The van der Waals surface area contributed by atoms with E-state index in [1.165, 1.54) is 4.90 Å². The molecule has 5 nitrogen and oxygen atoms in total. The molecule has 1 aliphatic heterocycles. The van der Waals surface area contributed by atoms with Crippen molar-refractivity contribution in [2.75, 3.05) is 18.6 Å². The molecule has 1 N–H and O–H groups in total. The summed E-state index contributed by atoms with van der Waals surface area (Å²) in [5.74, 6) is 0.304. The van der Waals surface area contributed by atoms with Crippen molar-refractivity contribution in [2.24, 2.45) is 0 Å². The van der Waals surface area contributed by atoms with Crippen molar-refractivity contribution in [3.63, 3.8) is 0 Å². The number of ether oxygens (including phenoxy) is 1. The van der Waals surface area contributed by atoms with Gasteiger partial charge in [0.2, 0.25) is 0 Å². The lowest BCUT2D eigenvalue weighted by Crippen LogP contribution is -2.35. The smallest absolute Gasteiger partial charge is 0.264 e. The summed E-state index contributed by atoms with van der Waals surface area (Å²) in [5, 5.41) is 2.89. The van der Waals surface area contributed by atoms with Crippen LogP contribution in [0.1, 0.15) is 21.5 Å². The van der Waals surface area contributed by atoms with Crippen LogP contribution in [0.5, 0.6) is 5.75 Å². The van der Waals surface area contributed by atoms with Crippen molar-refractivity contribution in [2.45, 2.75) is 13.5 Å². The first kappa shape index (κ1) is 15.1. The van der Waals surface area contributed by atoms with Gasteiger partial charge in [-0.2, -0.15) is 0 Å². The van der Waals surface area contributed by atoms with Crippen molar-refractivity contribution >= 4 is 17.5 Å². The molecule has 118 valence electrons. The van der Waals surface area contributed by atoms with E-state index < -0.39 is 0 Å². The highest BCUT2D eigenvalue weighted by Crippen LogP contribution is 2.31.